The maximum atomic E-state index is 12.5. The van der Waals surface area contributed by atoms with E-state index in [9.17, 15) is 19.7 Å². The second-order valence-electron chi connectivity index (χ2n) is 6.21. The fourth-order valence-corrected chi connectivity index (χ4v) is 4.19. The van der Waals surface area contributed by atoms with Gasteiger partial charge in [0.2, 0.25) is 0 Å². The van der Waals surface area contributed by atoms with Crippen LogP contribution >= 0.6 is 0 Å². The first-order valence-electron chi connectivity index (χ1n) is 7.22. The van der Waals surface area contributed by atoms with E-state index in [0.29, 0.717) is 17.4 Å². The third-order valence-electron chi connectivity index (χ3n) is 5.14. The summed E-state index contributed by atoms with van der Waals surface area (Å²) in [5.74, 6) is 0.379. The highest BCUT2D eigenvalue weighted by Gasteiger charge is 2.49. The number of fused-ring (bicyclic) bond motifs is 3. The van der Waals surface area contributed by atoms with Gasteiger partial charge in [0, 0.05) is 18.2 Å². The molecule has 0 N–H and O–H groups in total. The second kappa shape index (κ2) is 4.13. The predicted molar refractivity (Wildman–Crippen MR) is 72.8 cm³/mol. The molecule has 1 heterocycles. The van der Waals surface area contributed by atoms with Crippen LogP contribution in [0.25, 0.3) is 0 Å². The van der Waals surface area contributed by atoms with E-state index in [-0.39, 0.29) is 29.1 Å². The lowest BCUT2D eigenvalue weighted by molar-refractivity contribution is -0.384. The standard InChI is InChI=1S/C15H14N2O4/c18-14-11-4-3-10(17(20)21)7-12(11)15(19)16(14)13-6-8-1-2-9(13)5-8/h3-4,7-9,13H,1-2,5-6H2/t8-,9-,13+/m1/s1. The molecule has 2 aliphatic carbocycles. The van der Waals surface area contributed by atoms with E-state index >= 15 is 0 Å². The molecule has 2 amide bonds. The fraction of sp³-hybridized carbons (Fsp3) is 0.467. The smallest absolute Gasteiger partial charge is 0.270 e. The second-order valence-corrected chi connectivity index (χ2v) is 6.21. The molecule has 0 unspecified atom stereocenters. The number of rotatable bonds is 2. The molecule has 2 fully saturated rings. The minimum atomic E-state index is -0.543. The molecule has 0 aromatic heterocycles. The van der Waals surface area contributed by atoms with Crippen LogP contribution in [0.3, 0.4) is 0 Å². The number of nitrogens with zero attached hydrogens (tertiary/aromatic N) is 2. The molecule has 1 aromatic carbocycles. The monoisotopic (exact) mass is 286 g/mol. The zero-order valence-electron chi connectivity index (χ0n) is 11.3. The molecular formula is C15H14N2O4. The van der Waals surface area contributed by atoms with Crippen LogP contribution in [0.5, 0.6) is 0 Å². The number of imide groups is 1. The van der Waals surface area contributed by atoms with Crippen LogP contribution in [0.1, 0.15) is 46.4 Å². The van der Waals surface area contributed by atoms with Crippen LogP contribution in [0.2, 0.25) is 0 Å². The molecule has 6 heteroatoms. The molecule has 2 saturated carbocycles. The van der Waals surface area contributed by atoms with Gasteiger partial charge in [-0.2, -0.15) is 0 Å². The van der Waals surface area contributed by atoms with E-state index in [1.807, 2.05) is 0 Å². The lowest BCUT2D eigenvalue weighted by Gasteiger charge is -2.29. The van der Waals surface area contributed by atoms with Gasteiger partial charge in [0.15, 0.2) is 0 Å². The van der Waals surface area contributed by atoms with E-state index in [1.54, 1.807) is 0 Å². The van der Waals surface area contributed by atoms with Crippen molar-refractivity contribution < 1.29 is 14.5 Å². The van der Waals surface area contributed by atoms with Gasteiger partial charge in [-0.15, -0.1) is 0 Å². The van der Waals surface area contributed by atoms with Crippen molar-refractivity contribution in [1.29, 1.82) is 0 Å². The first-order valence-corrected chi connectivity index (χ1v) is 7.22. The summed E-state index contributed by atoms with van der Waals surface area (Å²) < 4.78 is 0. The van der Waals surface area contributed by atoms with Crippen molar-refractivity contribution in [2.75, 3.05) is 0 Å². The lowest BCUT2D eigenvalue weighted by atomic mass is 9.94. The summed E-state index contributed by atoms with van der Waals surface area (Å²) >= 11 is 0. The van der Waals surface area contributed by atoms with E-state index in [2.05, 4.69) is 0 Å². The van der Waals surface area contributed by atoms with Crippen LogP contribution in [0.4, 0.5) is 5.69 Å². The molecule has 1 aliphatic heterocycles. The molecule has 108 valence electrons. The number of hydrogen-bond donors (Lipinski definition) is 0. The normalized spacial score (nSPS) is 30.1. The van der Waals surface area contributed by atoms with Crippen molar-refractivity contribution in [2.24, 2.45) is 11.8 Å². The summed E-state index contributed by atoms with van der Waals surface area (Å²) in [6, 6.07) is 3.90. The Bertz CT molecular complexity index is 684. The molecule has 4 rings (SSSR count). The maximum absolute atomic E-state index is 12.5. The van der Waals surface area contributed by atoms with Gasteiger partial charge in [-0.05, 0) is 37.2 Å². The Morgan fingerprint density at radius 1 is 1.10 bits per heavy atom. The highest BCUT2D eigenvalue weighted by molar-refractivity contribution is 6.21. The van der Waals surface area contributed by atoms with Gasteiger partial charge >= 0.3 is 0 Å². The SMILES string of the molecule is O=C1c2ccc([N+](=O)[O-])cc2C(=O)N1[C@H]1C[C@@H]2CC[C@@H]1C2. The number of benzene rings is 1. The largest absolute Gasteiger partial charge is 0.271 e. The third kappa shape index (κ3) is 1.65. The van der Waals surface area contributed by atoms with Crippen molar-refractivity contribution in [1.82, 2.24) is 4.90 Å². The van der Waals surface area contributed by atoms with Gasteiger partial charge in [0.1, 0.15) is 0 Å². The maximum Gasteiger partial charge on any atom is 0.270 e. The number of amides is 2. The number of nitro benzene ring substituents is 1. The highest BCUT2D eigenvalue weighted by Crippen LogP contribution is 2.48. The van der Waals surface area contributed by atoms with Crippen molar-refractivity contribution in [3.63, 3.8) is 0 Å². The summed E-state index contributed by atoms with van der Waals surface area (Å²) in [7, 11) is 0. The number of hydrogen-bond acceptors (Lipinski definition) is 4. The first kappa shape index (κ1) is 12.5. The zero-order valence-corrected chi connectivity index (χ0v) is 11.3. The Hall–Kier alpha value is -2.24. The van der Waals surface area contributed by atoms with Gasteiger partial charge in [0.05, 0.1) is 16.1 Å². The molecule has 1 aromatic rings. The van der Waals surface area contributed by atoms with Gasteiger partial charge in [-0.3, -0.25) is 24.6 Å². The van der Waals surface area contributed by atoms with Crippen molar-refractivity contribution in [2.45, 2.75) is 31.7 Å². The van der Waals surface area contributed by atoms with Crippen LogP contribution in [0, 0.1) is 22.0 Å². The Morgan fingerprint density at radius 3 is 2.48 bits per heavy atom. The van der Waals surface area contributed by atoms with Crippen molar-refractivity contribution in [3.8, 4) is 0 Å². The Kier molecular flexibility index (Phi) is 2.46. The molecule has 3 atom stereocenters. The number of non-ortho nitro benzene ring substituents is 1. The van der Waals surface area contributed by atoms with E-state index < -0.39 is 4.92 Å². The summed E-state index contributed by atoms with van der Waals surface area (Å²) in [5.41, 5.74) is 0.329. The Labute approximate surface area is 120 Å². The number of carbonyl (C=O) groups excluding carboxylic acids is 2. The molecule has 21 heavy (non-hydrogen) atoms. The molecule has 2 bridgehead atoms. The minimum Gasteiger partial charge on any atom is -0.271 e. The topological polar surface area (TPSA) is 80.5 Å². The molecule has 6 nitrogen and oxygen atoms in total. The summed E-state index contributed by atoms with van der Waals surface area (Å²) in [4.78, 5) is 36.7. The number of carbonyl (C=O) groups is 2. The molecule has 0 spiro atoms. The number of nitro groups is 1. The fourth-order valence-electron chi connectivity index (χ4n) is 4.19. The van der Waals surface area contributed by atoms with Crippen molar-refractivity contribution >= 4 is 17.5 Å². The molecule has 3 aliphatic rings. The van der Waals surface area contributed by atoms with Crippen LogP contribution < -0.4 is 0 Å². The quantitative estimate of drug-likeness (QED) is 0.475. The highest BCUT2D eigenvalue weighted by atomic mass is 16.6. The lowest BCUT2D eigenvalue weighted by Crippen LogP contribution is -2.42. The Balaban J connectivity index is 1.72. The van der Waals surface area contributed by atoms with E-state index in [1.165, 1.54) is 29.5 Å². The average Bonchev–Trinajstić information content (AvgIpc) is 3.14. The van der Waals surface area contributed by atoms with Crippen LogP contribution in [0.15, 0.2) is 18.2 Å². The van der Waals surface area contributed by atoms with Crippen LogP contribution in [-0.4, -0.2) is 27.7 Å². The van der Waals surface area contributed by atoms with Crippen LogP contribution in [-0.2, 0) is 0 Å². The van der Waals surface area contributed by atoms with Crippen molar-refractivity contribution in [3.05, 3.63) is 39.4 Å². The van der Waals surface area contributed by atoms with Gasteiger partial charge in [-0.1, -0.05) is 6.42 Å². The van der Waals surface area contributed by atoms with Gasteiger partial charge < -0.3 is 0 Å². The predicted octanol–water partition coefficient (Wildman–Crippen LogP) is 2.38. The Morgan fingerprint density at radius 2 is 1.86 bits per heavy atom. The van der Waals surface area contributed by atoms with E-state index in [4.69, 9.17) is 0 Å². The summed E-state index contributed by atoms with van der Waals surface area (Å²) in [6.45, 7) is 0. The van der Waals surface area contributed by atoms with Gasteiger partial charge in [-0.25, -0.2) is 0 Å². The van der Waals surface area contributed by atoms with E-state index in [0.717, 1.165) is 19.3 Å². The third-order valence-corrected chi connectivity index (χ3v) is 5.14. The molecular weight excluding hydrogens is 272 g/mol. The molecule has 0 saturated heterocycles. The average molecular weight is 286 g/mol. The minimum absolute atomic E-state index is 0.0183. The zero-order chi connectivity index (χ0) is 14.7. The molecule has 0 radical (unpaired) electrons. The summed E-state index contributed by atoms with van der Waals surface area (Å²) in [5, 5.41) is 10.8. The van der Waals surface area contributed by atoms with Gasteiger partial charge in [0.25, 0.3) is 17.5 Å². The first-order chi connectivity index (χ1) is 10.1. The summed E-state index contributed by atoms with van der Waals surface area (Å²) in [6.07, 6.45) is 4.25.